The third-order valence-electron chi connectivity index (χ3n) is 1.27. The summed E-state index contributed by atoms with van der Waals surface area (Å²) in [6, 6.07) is 0.993. The maximum atomic E-state index is 8.91. The standard InChI is InChI=1S/C9H16OSi/c1-5-7-11(3,4)8-6-9(2)10/h5,9-10H,1,7H2,2-4H3. The quantitative estimate of drug-likeness (QED) is 0.379. The van der Waals surface area contributed by atoms with Crippen molar-refractivity contribution < 1.29 is 5.11 Å². The molecule has 0 radical (unpaired) electrons. The molecule has 0 fully saturated rings. The maximum absolute atomic E-state index is 8.91. The van der Waals surface area contributed by atoms with Crippen molar-refractivity contribution in [3.63, 3.8) is 0 Å². The number of hydrogen-bond donors (Lipinski definition) is 1. The minimum absolute atomic E-state index is 0.494. The van der Waals surface area contributed by atoms with Gasteiger partial charge < -0.3 is 5.11 Å². The van der Waals surface area contributed by atoms with Crippen molar-refractivity contribution in [3.05, 3.63) is 12.7 Å². The fourth-order valence-electron chi connectivity index (χ4n) is 0.712. The first-order chi connectivity index (χ1) is 4.98. The summed E-state index contributed by atoms with van der Waals surface area (Å²) in [6.07, 6.45) is 1.41. The molecule has 1 nitrogen and oxygen atoms in total. The van der Waals surface area contributed by atoms with Gasteiger partial charge in [0, 0.05) is 0 Å². The topological polar surface area (TPSA) is 20.2 Å². The van der Waals surface area contributed by atoms with Gasteiger partial charge in [-0.15, -0.1) is 12.1 Å². The molecule has 0 aromatic carbocycles. The van der Waals surface area contributed by atoms with Crippen LogP contribution in [0, 0.1) is 11.5 Å². The molecule has 2 heteroatoms. The zero-order valence-corrected chi connectivity index (χ0v) is 8.52. The molecule has 0 heterocycles. The predicted octanol–water partition coefficient (Wildman–Crippen LogP) is 1.80. The molecule has 0 aromatic heterocycles. The molecule has 0 bridgehead atoms. The largest absolute Gasteiger partial charge is 0.381 e. The summed E-state index contributed by atoms with van der Waals surface area (Å²) >= 11 is 0. The van der Waals surface area contributed by atoms with Crippen molar-refractivity contribution in [1.82, 2.24) is 0 Å². The van der Waals surface area contributed by atoms with Gasteiger partial charge in [-0.3, -0.25) is 0 Å². The van der Waals surface area contributed by atoms with E-state index in [2.05, 4.69) is 31.1 Å². The van der Waals surface area contributed by atoms with Gasteiger partial charge >= 0.3 is 0 Å². The lowest BCUT2D eigenvalue weighted by Crippen LogP contribution is -2.22. The second kappa shape index (κ2) is 4.37. The van der Waals surface area contributed by atoms with Crippen LogP contribution >= 0.6 is 0 Å². The lowest BCUT2D eigenvalue weighted by molar-refractivity contribution is 0.253. The highest BCUT2D eigenvalue weighted by Gasteiger charge is 2.14. The molecule has 1 N–H and O–H groups in total. The molecule has 0 saturated heterocycles. The molecule has 62 valence electrons. The van der Waals surface area contributed by atoms with Crippen molar-refractivity contribution >= 4 is 8.07 Å². The third-order valence-corrected chi connectivity index (χ3v) is 3.40. The number of aliphatic hydroxyl groups excluding tert-OH is 1. The molecule has 0 amide bonds. The van der Waals surface area contributed by atoms with Gasteiger partial charge in [0.2, 0.25) is 0 Å². The highest BCUT2D eigenvalue weighted by atomic mass is 28.3. The van der Waals surface area contributed by atoms with Gasteiger partial charge in [0.15, 0.2) is 0 Å². The molecule has 0 rings (SSSR count). The van der Waals surface area contributed by atoms with E-state index < -0.39 is 14.2 Å². The van der Waals surface area contributed by atoms with Gasteiger partial charge in [0.1, 0.15) is 14.2 Å². The van der Waals surface area contributed by atoms with E-state index in [1.807, 2.05) is 6.08 Å². The summed E-state index contributed by atoms with van der Waals surface area (Å²) in [5.74, 6) is 2.79. The Labute approximate surface area is 70.1 Å². The Kier molecular flexibility index (Phi) is 4.17. The molecule has 0 aliphatic carbocycles. The fraction of sp³-hybridized carbons (Fsp3) is 0.556. The summed E-state index contributed by atoms with van der Waals surface area (Å²) in [7, 11) is -1.41. The second-order valence-electron chi connectivity index (χ2n) is 3.32. The lowest BCUT2D eigenvalue weighted by Gasteiger charge is -2.10. The van der Waals surface area contributed by atoms with Crippen molar-refractivity contribution in [1.29, 1.82) is 0 Å². The van der Waals surface area contributed by atoms with Crippen LogP contribution in [0.15, 0.2) is 12.7 Å². The number of allylic oxidation sites excluding steroid dienone is 1. The Morgan fingerprint density at radius 1 is 1.64 bits per heavy atom. The minimum Gasteiger partial charge on any atom is -0.381 e. The van der Waals surface area contributed by atoms with Crippen LogP contribution in [0.25, 0.3) is 0 Å². The van der Waals surface area contributed by atoms with Gasteiger partial charge in [0.25, 0.3) is 0 Å². The highest BCUT2D eigenvalue weighted by Crippen LogP contribution is 2.07. The van der Waals surface area contributed by atoms with Crippen molar-refractivity contribution in [2.24, 2.45) is 0 Å². The smallest absolute Gasteiger partial charge is 0.136 e. The van der Waals surface area contributed by atoms with Gasteiger partial charge in [0.05, 0.1) is 0 Å². The maximum Gasteiger partial charge on any atom is 0.136 e. The molecule has 0 saturated carbocycles. The van der Waals surface area contributed by atoms with Crippen LogP contribution in [0.4, 0.5) is 0 Å². The summed E-state index contributed by atoms with van der Waals surface area (Å²) in [5, 5.41) is 8.91. The predicted molar refractivity (Wildman–Crippen MR) is 51.9 cm³/mol. The average Bonchev–Trinajstić information content (AvgIpc) is 1.84. The van der Waals surface area contributed by atoms with E-state index in [-0.39, 0.29) is 0 Å². The Hall–Kier alpha value is -0.523. The summed E-state index contributed by atoms with van der Waals surface area (Å²) < 4.78 is 0. The summed E-state index contributed by atoms with van der Waals surface area (Å²) in [4.78, 5) is 0. The molecule has 1 unspecified atom stereocenters. The SMILES string of the molecule is C=CC[Si](C)(C)C#CC(C)O. The first-order valence-electron chi connectivity index (χ1n) is 3.79. The van der Waals surface area contributed by atoms with E-state index in [0.29, 0.717) is 0 Å². The zero-order chi connectivity index (χ0) is 8.91. The monoisotopic (exact) mass is 168 g/mol. The van der Waals surface area contributed by atoms with Gasteiger partial charge in [-0.25, -0.2) is 0 Å². The van der Waals surface area contributed by atoms with Gasteiger partial charge in [-0.1, -0.05) is 25.1 Å². The van der Waals surface area contributed by atoms with Crippen LogP contribution in [0.2, 0.25) is 19.1 Å². The van der Waals surface area contributed by atoms with E-state index in [0.717, 1.165) is 6.04 Å². The van der Waals surface area contributed by atoms with Crippen LogP contribution in [0.5, 0.6) is 0 Å². The molecule has 11 heavy (non-hydrogen) atoms. The highest BCUT2D eigenvalue weighted by molar-refractivity contribution is 6.85. The van der Waals surface area contributed by atoms with E-state index in [9.17, 15) is 0 Å². The lowest BCUT2D eigenvalue weighted by atomic mass is 10.4. The first kappa shape index (κ1) is 10.5. The minimum atomic E-state index is -1.41. The van der Waals surface area contributed by atoms with Crippen LogP contribution in [-0.4, -0.2) is 19.3 Å². The Bertz CT molecular complexity index is 183. The number of rotatable bonds is 2. The van der Waals surface area contributed by atoms with E-state index >= 15 is 0 Å². The summed E-state index contributed by atoms with van der Waals surface area (Å²) in [5.41, 5.74) is 3.13. The molecular formula is C9H16OSi. The Morgan fingerprint density at radius 2 is 2.18 bits per heavy atom. The molecule has 0 spiro atoms. The van der Waals surface area contributed by atoms with Crippen LogP contribution in [-0.2, 0) is 0 Å². The number of hydrogen-bond acceptors (Lipinski definition) is 1. The molecular weight excluding hydrogens is 152 g/mol. The first-order valence-corrected chi connectivity index (χ1v) is 7.00. The second-order valence-corrected chi connectivity index (χ2v) is 7.75. The van der Waals surface area contributed by atoms with E-state index in [1.165, 1.54) is 0 Å². The van der Waals surface area contributed by atoms with Crippen LogP contribution < -0.4 is 0 Å². The van der Waals surface area contributed by atoms with E-state index in [4.69, 9.17) is 5.11 Å². The normalized spacial score (nSPS) is 13.1. The van der Waals surface area contributed by atoms with Gasteiger partial charge in [-0.2, -0.15) is 0 Å². The number of aliphatic hydroxyl groups is 1. The molecule has 1 atom stereocenters. The summed E-state index contributed by atoms with van der Waals surface area (Å²) in [6.45, 7) is 9.70. The molecule has 0 aliphatic heterocycles. The fourth-order valence-corrected chi connectivity index (χ4v) is 2.14. The average molecular weight is 168 g/mol. The van der Waals surface area contributed by atoms with Gasteiger partial charge in [-0.05, 0) is 13.0 Å². The Morgan fingerprint density at radius 3 is 2.55 bits per heavy atom. The van der Waals surface area contributed by atoms with E-state index in [1.54, 1.807) is 6.92 Å². The molecule has 0 aliphatic rings. The van der Waals surface area contributed by atoms with Crippen molar-refractivity contribution in [2.45, 2.75) is 32.2 Å². The van der Waals surface area contributed by atoms with Crippen molar-refractivity contribution in [3.8, 4) is 11.5 Å². The molecule has 0 aromatic rings. The van der Waals surface area contributed by atoms with Crippen LogP contribution in [0.3, 0.4) is 0 Å². The Balaban J connectivity index is 4.12. The van der Waals surface area contributed by atoms with Crippen LogP contribution in [0.1, 0.15) is 6.92 Å². The zero-order valence-electron chi connectivity index (χ0n) is 7.52. The third kappa shape index (κ3) is 5.90. The van der Waals surface area contributed by atoms with Crippen molar-refractivity contribution in [2.75, 3.05) is 0 Å².